The van der Waals surface area contributed by atoms with Gasteiger partial charge in [0, 0.05) is 5.56 Å². The SMILES string of the molecule is COc1ccccc1/C=C/[C@@H](C#N)NC(c1ccccc1)c1ccccc1. The summed E-state index contributed by atoms with van der Waals surface area (Å²) in [5.41, 5.74) is 3.18. The second-order valence-electron chi connectivity index (χ2n) is 6.13. The minimum Gasteiger partial charge on any atom is -0.496 e. The van der Waals surface area contributed by atoms with Gasteiger partial charge in [-0.05, 0) is 17.2 Å². The molecular formula is C24H22N2O. The Morgan fingerprint density at radius 3 is 1.96 bits per heavy atom. The fourth-order valence-electron chi connectivity index (χ4n) is 3.00. The number of benzene rings is 3. The van der Waals surface area contributed by atoms with Crippen molar-refractivity contribution in [2.45, 2.75) is 12.1 Å². The van der Waals surface area contributed by atoms with Crippen LogP contribution in [0.3, 0.4) is 0 Å². The highest BCUT2D eigenvalue weighted by Crippen LogP contribution is 2.23. The predicted octanol–water partition coefficient (Wildman–Crippen LogP) is 4.98. The molecule has 0 spiro atoms. The Hall–Kier alpha value is -3.35. The van der Waals surface area contributed by atoms with Crippen molar-refractivity contribution in [2.75, 3.05) is 7.11 Å². The maximum absolute atomic E-state index is 9.68. The summed E-state index contributed by atoms with van der Waals surface area (Å²) in [5, 5.41) is 13.1. The minimum absolute atomic E-state index is 0.0700. The van der Waals surface area contributed by atoms with Crippen molar-refractivity contribution >= 4 is 6.08 Å². The van der Waals surface area contributed by atoms with Crippen LogP contribution in [0.2, 0.25) is 0 Å². The standard InChI is InChI=1S/C24H22N2O/c1-27-23-15-9-8-10-19(23)16-17-22(18-25)26-24(20-11-4-2-5-12-20)21-13-6-3-7-14-21/h2-17,22,24,26H,1H3/b17-16+/t22-/m0/s1. The lowest BCUT2D eigenvalue weighted by Crippen LogP contribution is -2.31. The summed E-state index contributed by atoms with van der Waals surface area (Å²) in [6, 6.07) is 29.9. The normalized spacial score (nSPS) is 12.0. The molecule has 27 heavy (non-hydrogen) atoms. The molecule has 3 rings (SSSR count). The van der Waals surface area contributed by atoms with E-state index in [2.05, 4.69) is 35.7 Å². The number of hydrogen-bond acceptors (Lipinski definition) is 3. The van der Waals surface area contributed by atoms with Gasteiger partial charge in [-0.2, -0.15) is 5.26 Å². The van der Waals surface area contributed by atoms with E-state index in [1.807, 2.05) is 72.8 Å². The maximum Gasteiger partial charge on any atom is 0.126 e. The zero-order chi connectivity index (χ0) is 18.9. The first kappa shape index (κ1) is 18.4. The molecule has 134 valence electrons. The number of nitriles is 1. The Kier molecular flexibility index (Phi) is 6.40. The van der Waals surface area contributed by atoms with Gasteiger partial charge in [-0.25, -0.2) is 0 Å². The highest BCUT2D eigenvalue weighted by atomic mass is 16.5. The van der Waals surface area contributed by atoms with E-state index in [1.165, 1.54) is 0 Å². The Morgan fingerprint density at radius 2 is 1.41 bits per heavy atom. The number of methoxy groups -OCH3 is 1. The van der Waals surface area contributed by atoms with Crippen molar-refractivity contribution in [2.24, 2.45) is 0 Å². The van der Waals surface area contributed by atoms with Crippen LogP contribution in [-0.2, 0) is 0 Å². The van der Waals surface area contributed by atoms with Gasteiger partial charge in [-0.1, -0.05) is 91.0 Å². The van der Waals surface area contributed by atoms with Gasteiger partial charge < -0.3 is 4.74 Å². The first-order valence-corrected chi connectivity index (χ1v) is 8.88. The molecule has 0 radical (unpaired) electrons. The Bertz CT molecular complexity index is 874. The van der Waals surface area contributed by atoms with Crippen molar-refractivity contribution in [1.82, 2.24) is 5.32 Å². The number of nitrogens with one attached hydrogen (secondary N) is 1. The highest BCUT2D eigenvalue weighted by molar-refractivity contribution is 5.58. The smallest absolute Gasteiger partial charge is 0.126 e. The van der Waals surface area contributed by atoms with Crippen molar-refractivity contribution in [3.8, 4) is 11.8 Å². The molecule has 0 aliphatic carbocycles. The predicted molar refractivity (Wildman–Crippen MR) is 109 cm³/mol. The van der Waals surface area contributed by atoms with Crippen LogP contribution < -0.4 is 10.1 Å². The molecule has 3 heteroatoms. The van der Waals surface area contributed by atoms with Crippen LogP contribution in [0.1, 0.15) is 22.7 Å². The van der Waals surface area contributed by atoms with Gasteiger partial charge in [0.05, 0.1) is 19.2 Å². The maximum atomic E-state index is 9.68. The van der Waals surface area contributed by atoms with E-state index < -0.39 is 6.04 Å². The summed E-state index contributed by atoms with van der Waals surface area (Å²) in [6.07, 6.45) is 3.80. The van der Waals surface area contributed by atoms with E-state index in [0.29, 0.717) is 0 Å². The molecule has 0 fully saturated rings. The molecule has 0 bridgehead atoms. The van der Waals surface area contributed by atoms with Crippen LogP contribution >= 0.6 is 0 Å². The number of para-hydroxylation sites is 1. The van der Waals surface area contributed by atoms with Crippen molar-refractivity contribution in [1.29, 1.82) is 5.26 Å². The van der Waals surface area contributed by atoms with Crippen LogP contribution in [0.15, 0.2) is 91.0 Å². The second kappa shape index (κ2) is 9.38. The summed E-state index contributed by atoms with van der Waals surface area (Å²) in [5.74, 6) is 0.785. The quantitative estimate of drug-likeness (QED) is 0.651. The van der Waals surface area contributed by atoms with E-state index in [0.717, 1.165) is 22.4 Å². The molecule has 0 heterocycles. The molecule has 0 amide bonds. The zero-order valence-corrected chi connectivity index (χ0v) is 15.2. The molecule has 1 atom stereocenters. The molecule has 3 aromatic rings. The van der Waals surface area contributed by atoms with Crippen LogP contribution in [-0.4, -0.2) is 13.2 Å². The molecule has 0 saturated heterocycles. The van der Waals surface area contributed by atoms with Gasteiger partial charge in [-0.15, -0.1) is 0 Å². The van der Waals surface area contributed by atoms with Gasteiger partial charge in [0.1, 0.15) is 11.8 Å². The van der Waals surface area contributed by atoms with Crippen LogP contribution in [0.4, 0.5) is 0 Å². The summed E-state index contributed by atoms with van der Waals surface area (Å²) in [4.78, 5) is 0. The zero-order valence-electron chi connectivity index (χ0n) is 15.2. The Morgan fingerprint density at radius 1 is 0.852 bits per heavy atom. The second-order valence-corrected chi connectivity index (χ2v) is 6.13. The van der Waals surface area contributed by atoms with Crippen LogP contribution in [0, 0.1) is 11.3 Å². The monoisotopic (exact) mass is 354 g/mol. The van der Waals surface area contributed by atoms with E-state index in [9.17, 15) is 5.26 Å². The highest BCUT2D eigenvalue weighted by Gasteiger charge is 2.17. The first-order chi connectivity index (χ1) is 13.3. The van der Waals surface area contributed by atoms with Gasteiger partial charge in [0.2, 0.25) is 0 Å². The van der Waals surface area contributed by atoms with E-state index >= 15 is 0 Å². The number of rotatable bonds is 7. The van der Waals surface area contributed by atoms with Crippen molar-refractivity contribution in [3.05, 3.63) is 108 Å². The molecule has 3 nitrogen and oxygen atoms in total. The minimum atomic E-state index is -0.444. The van der Waals surface area contributed by atoms with Gasteiger partial charge in [-0.3, -0.25) is 5.32 Å². The summed E-state index contributed by atoms with van der Waals surface area (Å²) in [7, 11) is 1.65. The van der Waals surface area contributed by atoms with E-state index in [-0.39, 0.29) is 6.04 Å². The fraction of sp³-hybridized carbons (Fsp3) is 0.125. The fourth-order valence-corrected chi connectivity index (χ4v) is 3.00. The van der Waals surface area contributed by atoms with Gasteiger partial charge in [0.25, 0.3) is 0 Å². The molecule has 0 aromatic heterocycles. The molecule has 1 N–H and O–H groups in total. The average molecular weight is 354 g/mol. The lowest BCUT2D eigenvalue weighted by Gasteiger charge is -2.21. The average Bonchev–Trinajstić information content (AvgIpc) is 2.75. The Balaban J connectivity index is 1.85. The van der Waals surface area contributed by atoms with Crippen molar-refractivity contribution < 1.29 is 4.74 Å². The lowest BCUT2D eigenvalue weighted by molar-refractivity contribution is 0.414. The van der Waals surface area contributed by atoms with Crippen LogP contribution in [0.25, 0.3) is 6.08 Å². The molecule has 0 saturated carbocycles. The molecule has 0 unspecified atom stereocenters. The number of ether oxygens (including phenoxy) is 1. The summed E-state index contributed by atoms with van der Waals surface area (Å²) >= 11 is 0. The molecule has 0 aliphatic rings. The lowest BCUT2D eigenvalue weighted by atomic mass is 9.98. The summed E-state index contributed by atoms with van der Waals surface area (Å²) < 4.78 is 5.38. The third-order valence-corrected chi connectivity index (χ3v) is 4.36. The first-order valence-electron chi connectivity index (χ1n) is 8.88. The Labute approximate surface area is 160 Å². The van der Waals surface area contributed by atoms with Crippen LogP contribution in [0.5, 0.6) is 5.75 Å². The molecular weight excluding hydrogens is 332 g/mol. The third kappa shape index (κ3) is 4.84. The topological polar surface area (TPSA) is 45.0 Å². The molecule has 0 aliphatic heterocycles. The number of hydrogen-bond donors (Lipinski definition) is 1. The summed E-state index contributed by atoms with van der Waals surface area (Å²) in [6.45, 7) is 0. The van der Waals surface area contributed by atoms with Gasteiger partial charge >= 0.3 is 0 Å². The third-order valence-electron chi connectivity index (χ3n) is 4.36. The van der Waals surface area contributed by atoms with E-state index in [4.69, 9.17) is 4.74 Å². The largest absolute Gasteiger partial charge is 0.496 e. The van der Waals surface area contributed by atoms with E-state index in [1.54, 1.807) is 7.11 Å². The number of nitrogens with zero attached hydrogens (tertiary/aromatic N) is 1. The van der Waals surface area contributed by atoms with Gasteiger partial charge in [0.15, 0.2) is 0 Å². The molecule has 3 aromatic carbocycles. The van der Waals surface area contributed by atoms with Crippen molar-refractivity contribution in [3.63, 3.8) is 0 Å².